The van der Waals surface area contributed by atoms with Crippen molar-refractivity contribution in [2.75, 3.05) is 0 Å². The van der Waals surface area contributed by atoms with Gasteiger partial charge in [0.25, 0.3) is 0 Å². The van der Waals surface area contributed by atoms with E-state index in [1.165, 1.54) is 12.1 Å². The lowest BCUT2D eigenvalue weighted by molar-refractivity contribution is 0.112. The molecule has 0 unspecified atom stereocenters. The molecule has 0 aliphatic heterocycles. The summed E-state index contributed by atoms with van der Waals surface area (Å²) in [7, 11) is 0. The molecule has 100 valence electrons. The van der Waals surface area contributed by atoms with Crippen LogP contribution in [0.1, 0.15) is 10.4 Å². The fourth-order valence-electron chi connectivity index (χ4n) is 2.27. The zero-order valence-electron chi connectivity index (χ0n) is 10.1. The van der Waals surface area contributed by atoms with Crippen LogP contribution in [-0.4, -0.2) is 11.3 Å². The van der Waals surface area contributed by atoms with Crippen molar-refractivity contribution in [2.45, 2.75) is 0 Å². The van der Waals surface area contributed by atoms with E-state index in [4.69, 9.17) is 23.2 Å². The average molecular weight is 308 g/mol. The highest BCUT2D eigenvalue weighted by atomic mass is 35.5. The maximum absolute atomic E-state index is 13.7. The summed E-state index contributed by atoms with van der Waals surface area (Å²) in [4.78, 5) is 14.0. The summed E-state index contributed by atoms with van der Waals surface area (Å²) in [6, 6.07) is 7.67. The molecule has 0 aliphatic rings. The number of benzene rings is 2. The van der Waals surface area contributed by atoms with Gasteiger partial charge in [-0.05, 0) is 29.8 Å². The maximum Gasteiger partial charge on any atom is 0.152 e. The largest absolute Gasteiger partial charge is 0.360 e. The number of aromatic nitrogens is 1. The Morgan fingerprint density at radius 3 is 2.60 bits per heavy atom. The van der Waals surface area contributed by atoms with E-state index in [1.54, 1.807) is 24.4 Å². The van der Waals surface area contributed by atoms with E-state index in [1.807, 2.05) is 0 Å². The second-order valence-corrected chi connectivity index (χ2v) is 5.21. The minimum absolute atomic E-state index is 0.405. The van der Waals surface area contributed by atoms with Gasteiger partial charge in [0.05, 0.1) is 0 Å². The van der Waals surface area contributed by atoms with Crippen LogP contribution in [0, 0.1) is 5.82 Å². The van der Waals surface area contributed by atoms with Gasteiger partial charge in [-0.2, -0.15) is 0 Å². The molecule has 0 saturated carbocycles. The molecule has 3 aromatic rings. The molecule has 2 nitrogen and oxygen atoms in total. The molecule has 0 radical (unpaired) electrons. The lowest BCUT2D eigenvalue weighted by Crippen LogP contribution is -1.87. The van der Waals surface area contributed by atoms with Gasteiger partial charge in [-0.1, -0.05) is 29.3 Å². The van der Waals surface area contributed by atoms with E-state index in [0.29, 0.717) is 37.6 Å². The molecule has 3 rings (SSSR count). The van der Waals surface area contributed by atoms with Crippen molar-refractivity contribution in [2.24, 2.45) is 0 Å². The number of H-pyrrole nitrogens is 1. The number of aromatic amines is 1. The van der Waals surface area contributed by atoms with Crippen molar-refractivity contribution in [1.29, 1.82) is 0 Å². The Hall–Kier alpha value is -1.84. The van der Waals surface area contributed by atoms with Gasteiger partial charge in [0.1, 0.15) is 5.82 Å². The van der Waals surface area contributed by atoms with Crippen molar-refractivity contribution in [3.8, 4) is 11.1 Å². The minimum Gasteiger partial charge on any atom is -0.360 e. The molecule has 0 atom stereocenters. The monoisotopic (exact) mass is 307 g/mol. The number of aldehydes is 1. The van der Waals surface area contributed by atoms with Gasteiger partial charge in [0.15, 0.2) is 6.29 Å². The summed E-state index contributed by atoms with van der Waals surface area (Å²) < 4.78 is 13.7. The van der Waals surface area contributed by atoms with Crippen LogP contribution in [-0.2, 0) is 0 Å². The average Bonchev–Trinajstić information content (AvgIpc) is 2.80. The van der Waals surface area contributed by atoms with Gasteiger partial charge in [-0.3, -0.25) is 4.79 Å². The predicted molar refractivity (Wildman–Crippen MR) is 79.1 cm³/mol. The highest BCUT2D eigenvalue weighted by molar-refractivity contribution is 6.36. The molecule has 0 fully saturated rings. The summed E-state index contributed by atoms with van der Waals surface area (Å²) in [5, 5.41) is 1.55. The second-order valence-electron chi connectivity index (χ2n) is 4.36. The van der Waals surface area contributed by atoms with Gasteiger partial charge in [0, 0.05) is 38.3 Å². The quantitative estimate of drug-likeness (QED) is 0.657. The third kappa shape index (κ3) is 2.09. The summed E-state index contributed by atoms with van der Waals surface area (Å²) in [5.41, 5.74) is 2.20. The van der Waals surface area contributed by atoms with E-state index in [0.717, 1.165) is 6.29 Å². The number of carbonyl (C=O) groups is 1. The maximum atomic E-state index is 13.7. The van der Waals surface area contributed by atoms with E-state index in [-0.39, 0.29) is 0 Å². The minimum atomic E-state index is -0.405. The molecule has 0 saturated heterocycles. The molecule has 0 bridgehead atoms. The van der Waals surface area contributed by atoms with Gasteiger partial charge in [0.2, 0.25) is 0 Å². The molecule has 0 amide bonds. The van der Waals surface area contributed by atoms with Crippen LogP contribution < -0.4 is 0 Å². The van der Waals surface area contributed by atoms with Crippen molar-refractivity contribution >= 4 is 40.4 Å². The van der Waals surface area contributed by atoms with Crippen LogP contribution in [0.25, 0.3) is 22.0 Å². The smallest absolute Gasteiger partial charge is 0.152 e. The molecular weight excluding hydrogens is 300 g/mol. The Bertz CT molecular complexity index is 826. The number of fused-ring (bicyclic) bond motifs is 1. The Morgan fingerprint density at radius 1 is 1.10 bits per heavy atom. The summed E-state index contributed by atoms with van der Waals surface area (Å²) >= 11 is 12.0. The van der Waals surface area contributed by atoms with Crippen LogP contribution in [0.5, 0.6) is 0 Å². The Kier molecular flexibility index (Phi) is 3.24. The Labute approximate surface area is 124 Å². The number of hydrogen-bond donors (Lipinski definition) is 1. The molecule has 1 heterocycles. The summed E-state index contributed by atoms with van der Waals surface area (Å²) in [6.45, 7) is 0. The van der Waals surface area contributed by atoms with E-state index >= 15 is 0 Å². The Balaban J connectivity index is 2.39. The highest BCUT2D eigenvalue weighted by Gasteiger charge is 2.14. The lowest BCUT2D eigenvalue weighted by Gasteiger charge is -2.08. The standard InChI is InChI=1S/C15H8Cl2FNO/c16-9-1-2-11(13(17)3-9)12-4-10(18)5-14-15(12)8(7-20)6-19-14/h1-7,19H. The predicted octanol–water partition coefficient (Wildman–Crippen LogP) is 5.09. The molecular formula is C15H8Cl2FNO. The number of carbonyl (C=O) groups excluding carboxylic acids is 1. The third-order valence-electron chi connectivity index (χ3n) is 3.12. The van der Waals surface area contributed by atoms with Gasteiger partial charge in [-0.25, -0.2) is 4.39 Å². The zero-order chi connectivity index (χ0) is 14.3. The van der Waals surface area contributed by atoms with Crippen LogP contribution in [0.4, 0.5) is 4.39 Å². The van der Waals surface area contributed by atoms with Crippen molar-refractivity contribution < 1.29 is 9.18 Å². The molecule has 0 spiro atoms. The van der Waals surface area contributed by atoms with Crippen molar-refractivity contribution in [3.05, 3.63) is 58.0 Å². The molecule has 5 heteroatoms. The first-order valence-corrected chi connectivity index (χ1v) is 6.57. The Morgan fingerprint density at radius 2 is 1.90 bits per heavy atom. The normalized spacial score (nSPS) is 10.9. The number of nitrogens with one attached hydrogen (secondary N) is 1. The molecule has 20 heavy (non-hydrogen) atoms. The first-order chi connectivity index (χ1) is 9.60. The number of halogens is 3. The lowest BCUT2D eigenvalue weighted by atomic mass is 9.99. The van der Waals surface area contributed by atoms with Gasteiger partial charge in [-0.15, -0.1) is 0 Å². The fourth-order valence-corrected chi connectivity index (χ4v) is 2.78. The molecule has 0 aliphatic carbocycles. The molecule has 1 aromatic heterocycles. The first-order valence-electron chi connectivity index (χ1n) is 5.81. The summed E-state index contributed by atoms with van der Waals surface area (Å²) in [5.74, 6) is -0.405. The molecule has 1 N–H and O–H groups in total. The fraction of sp³-hybridized carbons (Fsp3) is 0. The summed E-state index contributed by atoms with van der Waals surface area (Å²) in [6.07, 6.45) is 2.27. The van der Waals surface area contributed by atoms with Gasteiger partial charge < -0.3 is 4.98 Å². The number of rotatable bonds is 2. The topological polar surface area (TPSA) is 32.9 Å². The molecule has 2 aromatic carbocycles. The van der Waals surface area contributed by atoms with Crippen molar-refractivity contribution in [3.63, 3.8) is 0 Å². The van der Waals surface area contributed by atoms with Crippen LogP contribution in [0.2, 0.25) is 10.0 Å². The third-order valence-corrected chi connectivity index (χ3v) is 3.67. The van der Waals surface area contributed by atoms with E-state index < -0.39 is 5.82 Å². The van der Waals surface area contributed by atoms with Gasteiger partial charge >= 0.3 is 0 Å². The van der Waals surface area contributed by atoms with Crippen LogP contribution in [0.3, 0.4) is 0 Å². The zero-order valence-corrected chi connectivity index (χ0v) is 11.6. The van der Waals surface area contributed by atoms with E-state index in [2.05, 4.69) is 4.98 Å². The second kappa shape index (κ2) is 4.93. The highest BCUT2D eigenvalue weighted by Crippen LogP contribution is 2.36. The van der Waals surface area contributed by atoms with Crippen molar-refractivity contribution in [1.82, 2.24) is 4.98 Å². The van der Waals surface area contributed by atoms with E-state index in [9.17, 15) is 9.18 Å². The van der Waals surface area contributed by atoms with Crippen LogP contribution in [0.15, 0.2) is 36.5 Å². The first kappa shape index (κ1) is 13.2. The van der Waals surface area contributed by atoms with Crippen LogP contribution >= 0.6 is 23.2 Å². The number of hydrogen-bond acceptors (Lipinski definition) is 1. The SMILES string of the molecule is O=Cc1c[nH]c2cc(F)cc(-c3ccc(Cl)cc3Cl)c12.